The molecule has 7 aromatic carbocycles. The number of hydrogen-bond donors (Lipinski definition) is 2. The zero-order valence-electron chi connectivity index (χ0n) is 27.6. The molecule has 0 spiro atoms. The molecule has 1 aliphatic rings. The molecule has 0 saturated carbocycles. The number of furan rings is 1. The van der Waals surface area contributed by atoms with Crippen LogP contribution >= 0.6 is 0 Å². The predicted octanol–water partition coefficient (Wildman–Crippen LogP) is 11.2. The van der Waals surface area contributed by atoms with E-state index in [2.05, 4.69) is 184 Å². The lowest BCUT2D eigenvalue weighted by atomic mass is 10.0. The first-order valence-electron chi connectivity index (χ1n) is 17.5. The Bertz CT molecular complexity index is 2970. The van der Waals surface area contributed by atoms with Crippen LogP contribution in [0, 0.1) is 0 Å². The number of hydrogen-bond acceptors (Lipinski definition) is 3. The average molecular weight is 657 g/mol. The molecule has 0 fully saturated rings. The quantitative estimate of drug-likeness (QED) is 0.198. The highest BCUT2D eigenvalue weighted by Gasteiger charge is 2.27. The highest BCUT2D eigenvalue weighted by Crippen LogP contribution is 2.43. The van der Waals surface area contributed by atoms with Gasteiger partial charge in [0.15, 0.2) is 5.58 Å². The van der Waals surface area contributed by atoms with Crippen LogP contribution in [0.5, 0.6) is 0 Å². The van der Waals surface area contributed by atoms with Crippen LogP contribution in [0.1, 0.15) is 23.3 Å². The largest absolute Gasteiger partial charge is 0.454 e. The predicted molar refractivity (Wildman–Crippen MR) is 210 cm³/mol. The number of nitrogens with one attached hydrogen (secondary N) is 2. The number of fused-ring (bicyclic) bond motifs is 10. The van der Waals surface area contributed by atoms with E-state index in [0.717, 1.165) is 60.9 Å². The molecule has 3 aromatic heterocycles. The van der Waals surface area contributed by atoms with Crippen molar-refractivity contribution in [3.8, 4) is 5.69 Å². The van der Waals surface area contributed by atoms with Crippen LogP contribution in [-0.4, -0.2) is 9.13 Å². The molecule has 4 heterocycles. The van der Waals surface area contributed by atoms with Crippen molar-refractivity contribution in [3.63, 3.8) is 0 Å². The number of aromatic nitrogens is 2. The van der Waals surface area contributed by atoms with E-state index in [4.69, 9.17) is 4.42 Å². The van der Waals surface area contributed by atoms with E-state index in [-0.39, 0.29) is 12.2 Å². The molecule has 242 valence electrons. The molecule has 0 radical (unpaired) electrons. The van der Waals surface area contributed by atoms with Crippen LogP contribution in [0.25, 0.3) is 77.1 Å². The van der Waals surface area contributed by atoms with Crippen LogP contribution in [0.4, 0.5) is 0 Å². The summed E-state index contributed by atoms with van der Waals surface area (Å²) < 4.78 is 11.5. The number of rotatable bonds is 4. The molecule has 0 aliphatic carbocycles. The average Bonchev–Trinajstić information content (AvgIpc) is 3.85. The Labute approximate surface area is 293 Å². The fourth-order valence-electron chi connectivity index (χ4n) is 8.28. The van der Waals surface area contributed by atoms with Gasteiger partial charge >= 0.3 is 0 Å². The second-order valence-corrected chi connectivity index (χ2v) is 13.4. The van der Waals surface area contributed by atoms with Crippen LogP contribution < -0.4 is 10.6 Å². The first-order valence-corrected chi connectivity index (χ1v) is 17.5. The van der Waals surface area contributed by atoms with E-state index in [1.807, 2.05) is 6.07 Å². The Morgan fingerprint density at radius 2 is 1.08 bits per heavy atom. The third kappa shape index (κ3) is 4.25. The summed E-state index contributed by atoms with van der Waals surface area (Å²) in [5.74, 6) is 1.05. The minimum Gasteiger partial charge on any atom is -0.454 e. The van der Waals surface area contributed by atoms with E-state index >= 15 is 0 Å². The van der Waals surface area contributed by atoms with Gasteiger partial charge in [-0.25, -0.2) is 0 Å². The van der Waals surface area contributed by atoms with Crippen molar-refractivity contribution < 1.29 is 4.42 Å². The maximum absolute atomic E-state index is 6.68. The lowest BCUT2D eigenvalue weighted by Gasteiger charge is -2.33. The summed E-state index contributed by atoms with van der Waals surface area (Å²) in [6.45, 7) is 0. The summed E-state index contributed by atoms with van der Waals surface area (Å²) in [4.78, 5) is 0. The van der Waals surface area contributed by atoms with Crippen LogP contribution in [-0.2, 0) is 0 Å². The molecular weight excluding hydrogens is 625 g/mol. The summed E-state index contributed by atoms with van der Waals surface area (Å²) in [6, 6.07) is 58.4. The molecule has 1 aliphatic heterocycles. The van der Waals surface area contributed by atoms with Gasteiger partial charge in [-0.2, -0.15) is 0 Å². The molecule has 2 N–H and O–H groups in total. The molecule has 5 nitrogen and oxygen atoms in total. The summed E-state index contributed by atoms with van der Waals surface area (Å²) >= 11 is 0. The van der Waals surface area contributed by atoms with Crippen molar-refractivity contribution in [1.29, 1.82) is 0 Å². The molecule has 2 atom stereocenters. The molecule has 0 amide bonds. The van der Waals surface area contributed by atoms with Gasteiger partial charge in [0.1, 0.15) is 17.6 Å². The maximum atomic E-state index is 6.68. The summed E-state index contributed by atoms with van der Waals surface area (Å²) in [5, 5.41) is 14.8. The van der Waals surface area contributed by atoms with Crippen molar-refractivity contribution in [2.24, 2.45) is 0 Å². The van der Waals surface area contributed by atoms with Crippen molar-refractivity contribution in [2.75, 3.05) is 0 Å². The second-order valence-electron chi connectivity index (χ2n) is 13.4. The number of nitrogens with zero attached hydrogens (tertiary/aromatic N) is 2. The monoisotopic (exact) mass is 656 g/mol. The Kier molecular flexibility index (Phi) is 6.09. The highest BCUT2D eigenvalue weighted by atomic mass is 16.3. The molecule has 0 saturated heterocycles. The van der Waals surface area contributed by atoms with E-state index in [1.54, 1.807) is 0 Å². The van der Waals surface area contributed by atoms with Crippen molar-refractivity contribution in [2.45, 2.75) is 12.2 Å². The van der Waals surface area contributed by atoms with Gasteiger partial charge < -0.3 is 14.3 Å². The topological polar surface area (TPSA) is 47.1 Å². The molecule has 0 bridgehead atoms. The minimum absolute atomic E-state index is 0.00830. The summed E-state index contributed by atoms with van der Waals surface area (Å²) in [6.07, 6.45) is 2.24. The third-order valence-corrected chi connectivity index (χ3v) is 10.6. The Balaban J connectivity index is 1.23. The molecule has 10 aromatic rings. The van der Waals surface area contributed by atoms with Crippen molar-refractivity contribution in [1.82, 2.24) is 19.8 Å². The Hall–Kier alpha value is -6.56. The normalized spacial score (nSPS) is 16.4. The van der Waals surface area contributed by atoms with E-state index in [1.165, 1.54) is 27.3 Å². The number of benzene rings is 7. The molecule has 2 unspecified atom stereocenters. The fraction of sp³-hybridized carbons (Fsp3) is 0.0435. The van der Waals surface area contributed by atoms with Crippen LogP contribution in [0.3, 0.4) is 0 Å². The lowest BCUT2D eigenvalue weighted by Crippen LogP contribution is -2.40. The Morgan fingerprint density at radius 1 is 0.471 bits per heavy atom. The van der Waals surface area contributed by atoms with Gasteiger partial charge in [0.05, 0.1) is 28.1 Å². The van der Waals surface area contributed by atoms with E-state index < -0.39 is 0 Å². The molecule has 51 heavy (non-hydrogen) atoms. The van der Waals surface area contributed by atoms with Crippen molar-refractivity contribution >= 4 is 71.4 Å². The molecule has 11 rings (SSSR count). The van der Waals surface area contributed by atoms with Gasteiger partial charge in [0, 0.05) is 38.0 Å². The summed E-state index contributed by atoms with van der Waals surface area (Å²) in [7, 11) is 0. The van der Waals surface area contributed by atoms with Gasteiger partial charge in [0.25, 0.3) is 0 Å². The van der Waals surface area contributed by atoms with Crippen LogP contribution in [0.2, 0.25) is 0 Å². The summed E-state index contributed by atoms with van der Waals surface area (Å²) in [5.41, 5.74) is 9.87. The zero-order valence-corrected chi connectivity index (χ0v) is 27.6. The van der Waals surface area contributed by atoms with Crippen LogP contribution in [0.15, 0.2) is 174 Å². The first kappa shape index (κ1) is 28.3. The van der Waals surface area contributed by atoms with E-state index in [0.29, 0.717) is 0 Å². The third-order valence-electron chi connectivity index (χ3n) is 10.6. The van der Waals surface area contributed by atoms with Crippen molar-refractivity contribution in [3.05, 3.63) is 181 Å². The smallest absolute Gasteiger partial charge is 0.160 e. The minimum atomic E-state index is -0.0855. The standard InChI is InChI=1S/C46H32N4O/c1-4-14-29(15-5-1)38-28-43(48-46(47-38)30-16-6-2-7-17-30)50-39-22-12-10-20-32(39)36-26-40-37(27-41(36)50)34-24-25-35-33-21-11-13-23-42(33)51-45(35)44(34)49(40)31-18-8-3-9-19-31/h1-28,38,46-48H. The number of para-hydroxylation sites is 3. The fourth-order valence-corrected chi connectivity index (χ4v) is 8.28. The Morgan fingerprint density at radius 3 is 1.86 bits per heavy atom. The van der Waals surface area contributed by atoms with Gasteiger partial charge in [-0.3, -0.25) is 9.88 Å². The van der Waals surface area contributed by atoms with Gasteiger partial charge in [-0.1, -0.05) is 121 Å². The van der Waals surface area contributed by atoms with Gasteiger partial charge in [-0.05, 0) is 59.7 Å². The first-order chi connectivity index (χ1) is 25.3. The van der Waals surface area contributed by atoms with Gasteiger partial charge in [-0.15, -0.1) is 0 Å². The zero-order chi connectivity index (χ0) is 33.5. The lowest BCUT2D eigenvalue weighted by molar-refractivity contribution is 0.435. The molecular formula is C46H32N4O. The SMILES string of the molecule is C1=C(n2c3ccccc3c3cc4c(cc32)c2ccc3c5ccccc5oc3c2n4-c2ccccc2)NC(c2ccccc2)NC1c1ccccc1. The maximum Gasteiger partial charge on any atom is 0.160 e. The van der Waals surface area contributed by atoms with E-state index in [9.17, 15) is 0 Å². The molecule has 5 heteroatoms. The highest BCUT2D eigenvalue weighted by molar-refractivity contribution is 6.24. The second kappa shape index (κ2) is 11.0. The van der Waals surface area contributed by atoms with Gasteiger partial charge in [0.2, 0.25) is 0 Å².